The smallest absolute Gasteiger partial charge is 0.348 e. The summed E-state index contributed by atoms with van der Waals surface area (Å²) in [5.74, 6) is -2.08. The Morgan fingerprint density at radius 3 is 2.35 bits per heavy atom. The minimum absolute atomic E-state index is 0.0678. The third kappa shape index (κ3) is 7.88. The Balaban J connectivity index is 1.58. The second-order valence-corrected chi connectivity index (χ2v) is 12.4. The van der Waals surface area contributed by atoms with Crippen molar-refractivity contribution in [1.29, 1.82) is 0 Å². The predicted molar refractivity (Wildman–Crippen MR) is 180 cm³/mol. The van der Waals surface area contributed by atoms with Crippen molar-refractivity contribution in [2.75, 3.05) is 24.3 Å². The van der Waals surface area contributed by atoms with E-state index in [1.54, 1.807) is 32.3 Å². The number of benzene rings is 2. The molecule has 0 aliphatic heterocycles. The van der Waals surface area contributed by atoms with Crippen LogP contribution in [0.1, 0.15) is 72.3 Å². The Kier molecular flexibility index (Phi) is 11.7. The topological polar surface area (TPSA) is 185 Å². The van der Waals surface area contributed by atoms with Gasteiger partial charge in [-0.25, -0.2) is 9.59 Å². The maximum atomic E-state index is 13.2. The number of ether oxygens (including phenoxy) is 2. The second-order valence-electron chi connectivity index (χ2n) is 10.4. The van der Waals surface area contributed by atoms with Crippen LogP contribution in [-0.4, -0.2) is 62.4 Å². The number of carbonyl (C=O) groups is 4. The highest BCUT2D eigenvalue weighted by molar-refractivity contribution is 7.99. The van der Waals surface area contributed by atoms with Gasteiger partial charge in [0.2, 0.25) is 5.91 Å². The fourth-order valence-electron chi connectivity index (χ4n) is 4.67. The summed E-state index contributed by atoms with van der Waals surface area (Å²) < 4.78 is 12.0. The lowest BCUT2D eigenvalue weighted by Crippen LogP contribution is -2.25. The molecule has 0 unspecified atom stereocenters. The van der Waals surface area contributed by atoms with Gasteiger partial charge in [-0.15, -0.1) is 21.5 Å². The molecule has 0 aliphatic rings. The lowest BCUT2D eigenvalue weighted by Gasteiger charge is -2.15. The fourth-order valence-corrected chi connectivity index (χ4v) is 6.54. The molecule has 0 spiro atoms. The summed E-state index contributed by atoms with van der Waals surface area (Å²) in [4.78, 5) is 62.5. The highest BCUT2D eigenvalue weighted by Gasteiger charge is 2.28. The van der Waals surface area contributed by atoms with Crippen LogP contribution in [-0.2, 0) is 20.8 Å². The van der Waals surface area contributed by atoms with Crippen molar-refractivity contribution in [3.8, 4) is 5.69 Å². The predicted octanol–water partition coefficient (Wildman–Crippen LogP) is 5.48. The van der Waals surface area contributed by atoms with Gasteiger partial charge in [-0.2, -0.15) is 0 Å². The molecule has 2 aromatic carbocycles. The van der Waals surface area contributed by atoms with Crippen LogP contribution in [0, 0.1) is 37.8 Å². The maximum absolute atomic E-state index is 13.2. The molecule has 16 heteroatoms. The van der Waals surface area contributed by atoms with Crippen LogP contribution in [0.2, 0.25) is 0 Å². The van der Waals surface area contributed by atoms with Gasteiger partial charge in [-0.05, 0) is 70.4 Å². The SMILES string of the molecule is CCOC(=O)c1sc(NC(=O)CSc2nnc(CNC(=O)c3ccc(C)c([N+](=O)[O-])c3)n2-c2cccc(C)c2C)c(C(=O)OCC)c1C. The van der Waals surface area contributed by atoms with Crippen LogP contribution in [0.4, 0.5) is 10.7 Å². The number of thioether (sulfide) groups is 1. The van der Waals surface area contributed by atoms with Crippen LogP contribution in [0.5, 0.6) is 0 Å². The number of nitro groups is 1. The summed E-state index contributed by atoms with van der Waals surface area (Å²) in [5.41, 5.74) is 3.47. The van der Waals surface area contributed by atoms with Gasteiger partial charge < -0.3 is 20.1 Å². The van der Waals surface area contributed by atoms with E-state index in [-0.39, 0.29) is 52.2 Å². The van der Waals surface area contributed by atoms with Crippen molar-refractivity contribution in [2.24, 2.45) is 0 Å². The van der Waals surface area contributed by atoms with Crippen LogP contribution in [0.3, 0.4) is 0 Å². The number of amides is 2. The summed E-state index contributed by atoms with van der Waals surface area (Å²) in [6, 6.07) is 9.91. The van der Waals surface area contributed by atoms with E-state index >= 15 is 0 Å². The minimum Gasteiger partial charge on any atom is -0.462 e. The molecule has 0 fully saturated rings. The Hall–Kier alpha value is -5.09. The van der Waals surface area contributed by atoms with Gasteiger partial charge in [0, 0.05) is 17.2 Å². The first-order chi connectivity index (χ1) is 22.9. The van der Waals surface area contributed by atoms with Gasteiger partial charge >= 0.3 is 11.9 Å². The van der Waals surface area contributed by atoms with Crippen molar-refractivity contribution < 1.29 is 33.6 Å². The molecule has 14 nitrogen and oxygen atoms in total. The molecule has 4 rings (SSSR count). The molecule has 2 aromatic heterocycles. The van der Waals surface area contributed by atoms with Crippen LogP contribution < -0.4 is 10.6 Å². The Bertz CT molecular complexity index is 1900. The van der Waals surface area contributed by atoms with Gasteiger partial charge in [0.15, 0.2) is 11.0 Å². The zero-order valence-electron chi connectivity index (χ0n) is 27.2. The highest BCUT2D eigenvalue weighted by atomic mass is 32.2. The summed E-state index contributed by atoms with van der Waals surface area (Å²) in [5, 5.41) is 26.0. The van der Waals surface area contributed by atoms with Gasteiger partial charge in [0.25, 0.3) is 11.6 Å². The van der Waals surface area contributed by atoms with E-state index < -0.39 is 28.7 Å². The molecular formula is C32H34N6O8S2. The minimum atomic E-state index is -0.675. The average Bonchev–Trinajstić information content (AvgIpc) is 3.60. The number of rotatable bonds is 13. The molecule has 0 saturated carbocycles. The lowest BCUT2D eigenvalue weighted by molar-refractivity contribution is -0.385. The van der Waals surface area contributed by atoms with Crippen LogP contribution >= 0.6 is 23.1 Å². The van der Waals surface area contributed by atoms with E-state index in [0.29, 0.717) is 22.1 Å². The molecule has 2 N–H and O–H groups in total. The number of thiophene rings is 1. The van der Waals surface area contributed by atoms with Gasteiger partial charge in [0.1, 0.15) is 9.88 Å². The molecule has 48 heavy (non-hydrogen) atoms. The Labute approximate surface area is 284 Å². The second kappa shape index (κ2) is 15.7. The standard InChI is InChI=1S/C32H34N6O8S2/c1-7-45-30(41)26-20(6)27(31(42)46-8-2)48-29(26)34-25(39)16-47-32-36-35-24(37(32)22-11-9-10-17(3)19(22)5)15-33-28(40)21-13-12-18(4)23(14-21)38(43)44/h9-14H,7-8,15-16H2,1-6H3,(H,33,40)(H,34,39). The summed E-state index contributed by atoms with van der Waals surface area (Å²) in [6.45, 7) is 10.6. The fraction of sp³-hybridized carbons (Fsp3) is 0.312. The van der Waals surface area contributed by atoms with E-state index in [1.807, 2.05) is 32.0 Å². The number of aromatic nitrogens is 3. The third-order valence-corrected chi connectivity index (χ3v) is 9.38. The molecule has 252 valence electrons. The van der Waals surface area contributed by atoms with Crippen molar-refractivity contribution in [3.05, 3.63) is 90.6 Å². The van der Waals surface area contributed by atoms with Gasteiger partial charge in [0.05, 0.1) is 41.7 Å². The largest absolute Gasteiger partial charge is 0.462 e. The van der Waals surface area contributed by atoms with E-state index in [9.17, 15) is 29.3 Å². The lowest BCUT2D eigenvalue weighted by atomic mass is 10.1. The van der Waals surface area contributed by atoms with E-state index in [0.717, 1.165) is 39.9 Å². The molecule has 0 aliphatic carbocycles. The average molecular weight is 695 g/mol. The number of hydrogen-bond acceptors (Lipinski definition) is 12. The summed E-state index contributed by atoms with van der Waals surface area (Å²) in [7, 11) is 0. The number of nitrogens with zero attached hydrogens (tertiary/aromatic N) is 4. The van der Waals surface area contributed by atoms with Crippen LogP contribution in [0.25, 0.3) is 5.69 Å². The van der Waals surface area contributed by atoms with E-state index in [2.05, 4.69) is 20.8 Å². The molecule has 4 aromatic rings. The Morgan fingerprint density at radius 2 is 1.67 bits per heavy atom. The third-order valence-electron chi connectivity index (χ3n) is 7.26. The summed E-state index contributed by atoms with van der Waals surface area (Å²) in [6.07, 6.45) is 0. The number of nitrogens with one attached hydrogen (secondary N) is 2. The number of carbonyl (C=O) groups excluding carboxylic acids is 4. The molecule has 0 atom stereocenters. The van der Waals surface area contributed by atoms with Gasteiger partial charge in [-0.3, -0.25) is 24.3 Å². The number of nitro benzene ring substituents is 1. The zero-order valence-corrected chi connectivity index (χ0v) is 28.8. The van der Waals surface area contributed by atoms with E-state index in [1.165, 1.54) is 18.2 Å². The highest BCUT2D eigenvalue weighted by Crippen LogP contribution is 2.35. The number of esters is 2. The van der Waals surface area contributed by atoms with Crippen molar-refractivity contribution in [3.63, 3.8) is 0 Å². The van der Waals surface area contributed by atoms with Gasteiger partial charge in [-0.1, -0.05) is 30.0 Å². The molecular weight excluding hydrogens is 661 g/mol. The van der Waals surface area contributed by atoms with Crippen molar-refractivity contribution >= 4 is 57.5 Å². The first-order valence-electron chi connectivity index (χ1n) is 14.8. The quantitative estimate of drug-likeness (QED) is 0.0781. The van der Waals surface area contributed by atoms with Crippen molar-refractivity contribution in [2.45, 2.75) is 53.2 Å². The number of anilines is 1. The molecule has 2 amide bonds. The van der Waals surface area contributed by atoms with E-state index in [4.69, 9.17) is 9.47 Å². The maximum Gasteiger partial charge on any atom is 0.348 e. The molecule has 0 radical (unpaired) electrons. The molecule has 0 bridgehead atoms. The first-order valence-corrected chi connectivity index (χ1v) is 16.6. The molecule has 2 heterocycles. The normalized spacial score (nSPS) is 10.8. The number of aryl methyl sites for hydroxylation is 2. The number of hydrogen-bond donors (Lipinski definition) is 2. The van der Waals surface area contributed by atoms with Crippen LogP contribution in [0.15, 0.2) is 41.6 Å². The summed E-state index contributed by atoms with van der Waals surface area (Å²) >= 11 is 2.01. The zero-order chi connectivity index (χ0) is 35.1. The molecule has 0 saturated heterocycles. The Morgan fingerprint density at radius 1 is 0.958 bits per heavy atom. The van der Waals surface area contributed by atoms with Crippen molar-refractivity contribution in [1.82, 2.24) is 20.1 Å². The monoisotopic (exact) mass is 694 g/mol. The first kappa shape index (κ1) is 35.8.